The molecule has 1 atom stereocenters. The van der Waals surface area contributed by atoms with E-state index in [9.17, 15) is 5.11 Å². The van der Waals surface area contributed by atoms with E-state index < -0.39 is 11.7 Å². The van der Waals surface area contributed by atoms with E-state index in [-0.39, 0.29) is 0 Å². The number of rotatable bonds is 6. The van der Waals surface area contributed by atoms with Crippen LogP contribution in [0.25, 0.3) is 11.3 Å². The van der Waals surface area contributed by atoms with Gasteiger partial charge >= 0.3 is 0 Å². The lowest BCUT2D eigenvalue weighted by Crippen LogP contribution is -2.27. The second-order valence-electron chi connectivity index (χ2n) is 7.90. The molecule has 0 saturated carbocycles. The van der Waals surface area contributed by atoms with Crippen molar-refractivity contribution in [3.8, 4) is 17.0 Å². The normalized spacial score (nSPS) is 12.5. The highest BCUT2D eigenvalue weighted by Crippen LogP contribution is 2.40. The quantitative estimate of drug-likeness (QED) is 0.397. The Morgan fingerprint density at radius 1 is 1.03 bits per heavy atom. The van der Waals surface area contributed by atoms with Gasteiger partial charge < -0.3 is 14.4 Å². The molecule has 4 rings (SSSR count). The molecule has 5 nitrogen and oxygen atoms in total. The molecule has 0 aliphatic heterocycles. The number of hydrogen-bond donors (Lipinski definition) is 1. The van der Waals surface area contributed by atoms with Crippen molar-refractivity contribution in [1.82, 2.24) is 10.1 Å². The molecule has 0 radical (unpaired) electrons. The van der Waals surface area contributed by atoms with Gasteiger partial charge in [0, 0.05) is 28.5 Å². The Morgan fingerprint density at radius 2 is 1.74 bits per heavy atom. The lowest BCUT2D eigenvalue weighted by atomic mass is 9.91. The molecule has 1 unspecified atom stereocenters. The molecule has 2 aromatic heterocycles. The Balaban J connectivity index is 1.81. The number of ether oxygens (including phenoxy) is 1. The Kier molecular flexibility index (Phi) is 5.81. The number of benzene rings is 2. The van der Waals surface area contributed by atoms with Gasteiger partial charge in [-0.25, -0.2) is 0 Å². The van der Waals surface area contributed by atoms with E-state index in [2.05, 4.69) is 10.1 Å². The standard InChI is InChI=1S/C25H23ClN2O3/c1-16-6-12-20(13-7-16)30-25(2,3)24-21(23(29)18-5-4-14-27-15-18)22(28-31-24)17-8-10-19(26)11-9-17/h4-15,23,29H,1-3H3. The van der Waals surface area contributed by atoms with E-state index in [1.165, 1.54) is 0 Å². The van der Waals surface area contributed by atoms with Crippen molar-refractivity contribution in [2.45, 2.75) is 32.5 Å². The van der Waals surface area contributed by atoms with Gasteiger partial charge in [0.05, 0.1) is 5.56 Å². The number of hydrogen-bond acceptors (Lipinski definition) is 5. The summed E-state index contributed by atoms with van der Waals surface area (Å²) in [7, 11) is 0. The molecule has 0 aliphatic carbocycles. The Bertz CT molecular complexity index is 1150. The van der Waals surface area contributed by atoms with E-state index in [1.807, 2.05) is 63.2 Å². The maximum absolute atomic E-state index is 11.3. The second kappa shape index (κ2) is 8.53. The van der Waals surface area contributed by atoms with Crippen LogP contribution in [0.15, 0.2) is 77.6 Å². The van der Waals surface area contributed by atoms with Crippen LogP contribution < -0.4 is 4.74 Å². The van der Waals surface area contributed by atoms with E-state index in [0.717, 1.165) is 11.1 Å². The molecule has 0 amide bonds. The molecule has 0 spiro atoms. The zero-order chi connectivity index (χ0) is 22.0. The van der Waals surface area contributed by atoms with Gasteiger partial charge in [-0.05, 0) is 51.1 Å². The Hall–Kier alpha value is -3.15. The smallest absolute Gasteiger partial charge is 0.186 e. The van der Waals surface area contributed by atoms with Crippen LogP contribution in [0.1, 0.15) is 42.4 Å². The molecule has 0 bridgehead atoms. The first-order chi connectivity index (χ1) is 14.8. The van der Waals surface area contributed by atoms with Gasteiger partial charge in [-0.1, -0.05) is 52.7 Å². The first-order valence-corrected chi connectivity index (χ1v) is 10.3. The number of pyridine rings is 1. The summed E-state index contributed by atoms with van der Waals surface area (Å²) in [5.41, 5.74) is 2.72. The predicted octanol–water partition coefficient (Wildman–Crippen LogP) is 6.09. The summed E-state index contributed by atoms with van der Waals surface area (Å²) >= 11 is 6.06. The van der Waals surface area contributed by atoms with E-state index >= 15 is 0 Å². The molecule has 1 N–H and O–H groups in total. The molecule has 2 aromatic carbocycles. The third-order valence-electron chi connectivity index (χ3n) is 5.06. The fraction of sp³-hybridized carbons (Fsp3) is 0.200. The van der Waals surface area contributed by atoms with Gasteiger partial charge in [0.2, 0.25) is 0 Å². The molecule has 0 saturated heterocycles. The lowest BCUT2D eigenvalue weighted by molar-refractivity contribution is 0.0702. The largest absolute Gasteiger partial charge is 0.480 e. The highest BCUT2D eigenvalue weighted by molar-refractivity contribution is 6.30. The lowest BCUT2D eigenvalue weighted by Gasteiger charge is -2.26. The summed E-state index contributed by atoms with van der Waals surface area (Å²) < 4.78 is 12.1. The zero-order valence-corrected chi connectivity index (χ0v) is 18.3. The van der Waals surface area contributed by atoms with Crippen molar-refractivity contribution in [3.63, 3.8) is 0 Å². The van der Waals surface area contributed by atoms with Crippen LogP contribution in [0.4, 0.5) is 0 Å². The molecule has 158 valence electrons. The fourth-order valence-electron chi connectivity index (χ4n) is 3.45. The first-order valence-electron chi connectivity index (χ1n) is 9.95. The first kappa shape index (κ1) is 21.1. The molecule has 2 heterocycles. The van der Waals surface area contributed by atoms with Crippen molar-refractivity contribution in [3.05, 3.63) is 101 Å². The van der Waals surface area contributed by atoms with Gasteiger partial charge in [0.15, 0.2) is 11.4 Å². The monoisotopic (exact) mass is 434 g/mol. The van der Waals surface area contributed by atoms with Gasteiger partial charge in [-0.2, -0.15) is 0 Å². The van der Waals surface area contributed by atoms with Crippen molar-refractivity contribution in [2.24, 2.45) is 0 Å². The average Bonchev–Trinajstić information content (AvgIpc) is 3.22. The molecule has 0 aliphatic rings. The van der Waals surface area contributed by atoms with E-state index in [1.54, 1.807) is 30.6 Å². The summed E-state index contributed by atoms with van der Waals surface area (Å²) in [6, 6.07) is 18.6. The molecule has 4 aromatic rings. The predicted molar refractivity (Wildman–Crippen MR) is 120 cm³/mol. The molecule has 31 heavy (non-hydrogen) atoms. The summed E-state index contributed by atoms with van der Waals surface area (Å²) in [6.07, 6.45) is 2.29. The number of aliphatic hydroxyl groups is 1. The maximum atomic E-state index is 11.3. The summed E-state index contributed by atoms with van der Waals surface area (Å²) in [4.78, 5) is 4.14. The SMILES string of the molecule is Cc1ccc(OC(C)(C)c2onc(-c3ccc(Cl)cc3)c2C(O)c2cccnc2)cc1. The highest BCUT2D eigenvalue weighted by atomic mass is 35.5. The fourth-order valence-corrected chi connectivity index (χ4v) is 3.58. The Morgan fingerprint density at radius 3 is 2.39 bits per heavy atom. The highest BCUT2D eigenvalue weighted by Gasteiger charge is 2.36. The van der Waals surface area contributed by atoms with Crippen molar-refractivity contribution in [1.29, 1.82) is 0 Å². The topological polar surface area (TPSA) is 68.4 Å². The molecule has 0 fully saturated rings. The van der Waals surface area contributed by atoms with Crippen molar-refractivity contribution < 1.29 is 14.4 Å². The number of halogens is 1. The third-order valence-corrected chi connectivity index (χ3v) is 5.31. The summed E-state index contributed by atoms with van der Waals surface area (Å²) in [5.74, 6) is 1.14. The van der Waals surface area contributed by atoms with Crippen LogP contribution >= 0.6 is 11.6 Å². The average molecular weight is 435 g/mol. The maximum Gasteiger partial charge on any atom is 0.186 e. The van der Waals surface area contributed by atoms with E-state index in [0.29, 0.717) is 33.4 Å². The van der Waals surface area contributed by atoms with Crippen LogP contribution in [-0.2, 0) is 5.60 Å². The van der Waals surface area contributed by atoms with Gasteiger partial charge in [-0.15, -0.1) is 0 Å². The summed E-state index contributed by atoms with van der Waals surface area (Å²) in [6.45, 7) is 5.79. The number of aromatic nitrogens is 2. The number of nitrogens with zero attached hydrogens (tertiary/aromatic N) is 2. The second-order valence-corrected chi connectivity index (χ2v) is 8.33. The molecule has 6 heteroatoms. The summed E-state index contributed by atoms with van der Waals surface area (Å²) in [5, 5.41) is 16.2. The molecular weight excluding hydrogens is 412 g/mol. The van der Waals surface area contributed by atoms with E-state index in [4.69, 9.17) is 20.9 Å². The van der Waals surface area contributed by atoms with Crippen LogP contribution in [-0.4, -0.2) is 15.2 Å². The van der Waals surface area contributed by atoms with Crippen LogP contribution in [0.5, 0.6) is 5.75 Å². The number of aliphatic hydroxyl groups excluding tert-OH is 1. The van der Waals surface area contributed by atoms with Crippen molar-refractivity contribution >= 4 is 11.6 Å². The van der Waals surface area contributed by atoms with Crippen molar-refractivity contribution in [2.75, 3.05) is 0 Å². The van der Waals surface area contributed by atoms with Gasteiger partial charge in [0.25, 0.3) is 0 Å². The third kappa shape index (κ3) is 4.48. The minimum atomic E-state index is -0.999. The molecular formula is C25H23ClN2O3. The minimum Gasteiger partial charge on any atom is -0.480 e. The van der Waals surface area contributed by atoms with Gasteiger partial charge in [0.1, 0.15) is 17.5 Å². The van der Waals surface area contributed by atoms with Gasteiger partial charge in [-0.3, -0.25) is 4.98 Å². The Labute approximate surface area is 186 Å². The minimum absolute atomic E-state index is 0.439. The van der Waals surface area contributed by atoms with Crippen LogP contribution in [0.2, 0.25) is 5.02 Å². The number of aryl methyl sites for hydroxylation is 1. The van der Waals surface area contributed by atoms with Crippen LogP contribution in [0, 0.1) is 6.92 Å². The zero-order valence-electron chi connectivity index (χ0n) is 17.5. The van der Waals surface area contributed by atoms with Crippen LogP contribution in [0.3, 0.4) is 0 Å².